The number of hydrogen-bond acceptors (Lipinski definition) is 3. The van der Waals surface area contributed by atoms with E-state index < -0.39 is 0 Å². The number of amides is 1. The second kappa shape index (κ2) is 6.41. The third kappa shape index (κ3) is 4.80. The molecule has 0 bridgehead atoms. The van der Waals surface area contributed by atoms with Crippen molar-refractivity contribution in [1.82, 2.24) is 9.80 Å². The second-order valence-electron chi connectivity index (χ2n) is 4.34. The van der Waals surface area contributed by atoms with Crippen molar-refractivity contribution in [2.75, 3.05) is 27.7 Å². The van der Waals surface area contributed by atoms with Crippen LogP contribution in [0.15, 0.2) is 0 Å². The van der Waals surface area contributed by atoms with Crippen LogP contribution < -0.4 is 0 Å². The average Bonchev–Trinajstić information content (AvgIpc) is 2.16. The number of carbonyl (C=O) groups is 1. The van der Waals surface area contributed by atoms with Crippen LogP contribution >= 0.6 is 0 Å². The van der Waals surface area contributed by atoms with Crippen LogP contribution in [0.25, 0.3) is 0 Å². The molecule has 86 valence electrons. The summed E-state index contributed by atoms with van der Waals surface area (Å²) in [5.74, 6) is -0.0227. The van der Waals surface area contributed by atoms with Crippen LogP contribution in [-0.2, 0) is 4.79 Å². The van der Waals surface area contributed by atoms with E-state index in [-0.39, 0.29) is 17.9 Å². The third-order valence-corrected chi connectivity index (χ3v) is 2.31. The van der Waals surface area contributed by atoms with Crippen molar-refractivity contribution >= 4 is 5.91 Å². The van der Waals surface area contributed by atoms with Gasteiger partial charge in [0.1, 0.15) is 6.04 Å². The molecule has 0 rings (SSSR count). The number of nitriles is 1. The van der Waals surface area contributed by atoms with E-state index >= 15 is 0 Å². The lowest BCUT2D eigenvalue weighted by Crippen LogP contribution is -2.40. The molecule has 0 aliphatic heterocycles. The monoisotopic (exact) mass is 211 g/mol. The van der Waals surface area contributed by atoms with Crippen molar-refractivity contribution < 1.29 is 4.79 Å². The Hall–Kier alpha value is -1.08. The summed E-state index contributed by atoms with van der Waals surface area (Å²) in [6, 6.07) is 1.85. The zero-order valence-electron chi connectivity index (χ0n) is 10.3. The van der Waals surface area contributed by atoms with E-state index in [9.17, 15) is 4.79 Å². The molecule has 4 nitrogen and oxygen atoms in total. The van der Waals surface area contributed by atoms with Gasteiger partial charge in [0.05, 0.1) is 6.07 Å². The van der Waals surface area contributed by atoms with E-state index in [1.165, 1.54) is 0 Å². The second-order valence-corrected chi connectivity index (χ2v) is 4.34. The summed E-state index contributed by atoms with van der Waals surface area (Å²) >= 11 is 0. The molecule has 0 saturated heterocycles. The summed E-state index contributed by atoms with van der Waals surface area (Å²) < 4.78 is 0. The molecule has 0 aromatic rings. The highest BCUT2D eigenvalue weighted by molar-refractivity contribution is 5.78. The predicted molar refractivity (Wildman–Crippen MR) is 60.2 cm³/mol. The van der Waals surface area contributed by atoms with E-state index in [4.69, 9.17) is 5.26 Å². The van der Waals surface area contributed by atoms with Crippen LogP contribution in [0.1, 0.15) is 20.3 Å². The fourth-order valence-electron chi connectivity index (χ4n) is 1.29. The van der Waals surface area contributed by atoms with Gasteiger partial charge in [0, 0.05) is 19.5 Å². The largest absolute Gasteiger partial charge is 0.329 e. The zero-order chi connectivity index (χ0) is 12.0. The Labute approximate surface area is 92.5 Å². The molecular weight excluding hydrogens is 190 g/mol. The standard InChI is InChI=1S/C11H21N3O/c1-9(2)11(15)14(5)10(8-12)6-7-13(3)4/h9-10H,6-7H2,1-5H3/t10-/m0/s1. The summed E-state index contributed by atoms with van der Waals surface area (Å²) in [6.07, 6.45) is 0.693. The normalized spacial score (nSPS) is 12.7. The summed E-state index contributed by atoms with van der Waals surface area (Å²) in [4.78, 5) is 15.2. The Morgan fingerprint density at radius 1 is 1.33 bits per heavy atom. The van der Waals surface area contributed by atoms with Gasteiger partial charge in [-0.2, -0.15) is 5.26 Å². The van der Waals surface area contributed by atoms with E-state index in [0.717, 1.165) is 6.54 Å². The van der Waals surface area contributed by atoms with Crippen LogP contribution in [0.3, 0.4) is 0 Å². The van der Waals surface area contributed by atoms with Crippen molar-refractivity contribution in [1.29, 1.82) is 5.26 Å². The highest BCUT2D eigenvalue weighted by Crippen LogP contribution is 2.07. The maximum Gasteiger partial charge on any atom is 0.225 e. The first-order chi connectivity index (χ1) is 6.90. The fourth-order valence-corrected chi connectivity index (χ4v) is 1.29. The highest BCUT2D eigenvalue weighted by Gasteiger charge is 2.21. The highest BCUT2D eigenvalue weighted by atomic mass is 16.2. The lowest BCUT2D eigenvalue weighted by molar-refractivity contribution is -0.134. The number of nitrogens with zero attached hydrogens (tertiary/aromatic N) is 3. The lowest BCUT2D eigenvalue weighted by Gasteiger charge is -2.25. The predicted octanol–water partition coefficient (Wildman–Crippen LogP) is 0.945. The minimum Gasteiger partial charge on any atom is -0.329 e. The van der Waals surface area contributed by atoms with Crippen molar-refractivity contribution in [2.24, 2.45) is 5.92 Å². The van der Waals surface area contributed by atoms with Crippen LogP contribution in [-0.4, -0.2) is 49.4 Å². The molecule has 4 heteroatoms. The molecule has 0 aromatic carbocycles. The number of hydrogen-bond donors (Lipinski definition) is 0. The maximum absolute atomic E-state index is 11.6. The van der Waals surface area contributed by atoms with E-state index in [1.54, 1.807) is 11.9 Å². The van der Waals surface area contributed by atoms with Crippen LogP contribution in [0, 0.1) is 17.2 Å². The molecule has 0 unspecified atom stereocenters. The Bertz CT molecular complexity index is 243. The molecule has 0 spiro atoms. The Balaban J connectivity index is 4.29. The van der Waals surface area contributed by atoms with Gasteiger partial charge in [-0.25, -0.2) is 0 Å². The fraction of sp³-hybridized carbons (Fsp3) is 0.818. The van der Waals surface area contributed by atoms with E-state index in [1.807, 2.05) is 32.8 Å². The van der Waals surface area contributed by atoms with Crippen molar-refractivity contribution in [2.45, 2.75) is 26.3 Å². The first-order valence-corrected chi connectivity index (χ1v) is 5.21. The van der Waals surface area contributed by atoms with Gasteiger partial charge in [0.15, 0.2) is 0 Å². The van der Waals surface area contributed by atoms with Crippen molar-refractivity contribution in [3.63, 3.8) is 0 Å². The van der Waals surface area contributed by atoms with Crippen LogP contribution in [0.4, 0.5) is 0 Å². The molecule has 15 heavy (non-hydrogen) atoms. The van der Waals surface area contributed by atoms with Gasteiger partial charge in [-0.3, -0.25) is 4.79 Å². The minimum atomic E-state index is -0.317. The summed E-state index contributed by atoms with van der Waals surface area (Å²) in [5, 5.41) is 8.98. The minimum absolute atomic E-state index is 0.0281. The van der Waals surface area contributed by atoms with E-state index in [2.05, 4.69) is 6.07 Å². The SMILES string of the molecule is CC(C)C(=O)N(C)[C@H](C#N)CCN(C)C. The van der Waals surface area contributed by atoms with Gasteiger partial charge in [0.25, 0.3) is 0 Å². The van der Waals surface area contributed by atoms with Gasteiger partial charge in [-0.1, -0.05) is 13.8 Å². The molecule has 0 aromatic heterocycles. The molecule has 0 radical (unpaired) electrons. The summed E-state index contributed by atoms with van der Waals surface area (Å²) in [7, 11) is 5.61. The smallest absolute Gasteiger partial charge is 0.225 e. The van der Waals surface area contributed by atoms with Crippen molar-refractivity contribution in [3.05, 3.63) is 0 Å². The molecule has 0 saturated carbocycles. The molecule has 0 N–H and O–H groups in total. The van der Waals surface area contributed by atoms with Crippen LogP contribution in [0.5, 0.6) is 0 Å². The Morgan fingerprint density at radius 2 is 1.87 bits per heavy atom. The Kier molecular flexibility index (Phi) is 5.95. The average molecular weight is 211 g/mol. The molecular formula is C11H21N3O. The van der Waals surface area contributed by atoms with Gasteiger partial charge < -0.3 is 9.80 Å². The zero-order valence-corrected chi connectivity index (χ0v) is 10.3. The summed E-state index contributed by atoms with van der Waals surface area (Å²) in [6.45, 7) is 4.51. The first kappa shape index (κ1) is 13.9. The van der Waals surface area contributed by atoms with Crippen molar-refractivity contribution in [3.8, 4) is 6.07 Å². The molecule has 0 aliphatic carbocycles. The third-order valence-electron chi connectivity index (χ3n) is 2.31. The number of rotatable bonds is 5. The van der Waals surface area contributed by atoms with Crippen LogP contribution in [0.2, 0.25) is 0 Å². The molecule has 0 aliphatic rings. The molecule has 1 atom stereocenters. The van der Waals surface area contributed by atoms with Gasteiger partial charge >= 0.3 is 0 Å². The van der Waals surface area contributed by atoms with E-state index in [0.29, 0.717) is 6.42 Å². The first-order valence-electron chi connectivity index (χ1n) is 5.21. The van der Waals surface area contributed by atoms with Gasteiger partial charge in [-0.05, 0) is 20.5 Å². The molecule has 1 amide bonds. The lowest BCUT2D eigenvalue weighted by atomic mass is 10.1. The topological polar surface area (TPSA) is 47.3 Å². The maximum atomic E-state index is 11.6. The van der Waals surface area contributed by atoms with Gasteiger partial charge in [0.2, 0.25) is 5.91 Å². The number of carbonyl (C=O) groups excluding carboxylic acids is 1. The quantitative estimate of drug-likeness (QED) is 0.680. The van der Waals surface area contributed by atoms with Gasteiger partial charge in [-0.15, -0.1) is 0 Å². The molecule has 0 heterocycles. The Morgan fingerprint density at radius 3 is 2.20 bits per heavy atom. The molecule has 0 fully saturated rings. The summed E-state index contributed by atoms with van der Waals surface area (Å²) in [5.41, 5.74) is 0.